The lowest BCUT2D eigenvalue weighted by atomic mass is 10.0. The van der Waals surface area contributed by atoms with Crippen LogP contribution in [0.25, 0.3) is 10.2 Å². The SMILES string of the molecule is COc1cccc(C(CNc2ncnc3sc4c(c23)CCCCC4)N2CCCC2)c1. The molecule has 1 N–H and O–H groups in total. The predicted molar refractivity (Wildman–Crippen MR) is 124 cm³/mol. The van der Waals surface area contributed by atoms with Gasteiger partial charge in [0, 0.05) is 11.4 Å². The van der Waals surface area contributed by atoms with Gasteiger partial charge in [-0.15, -0.1) is 11.3 Å². The topological polar surface area (TPSA) is 50.3 Å². The molecular formula is C24H30N4OS. The minimum Gasteiger partial charge on any atom is -0.497 e. The van der Waals surface area contributed by atoms with E-state index in [-0.39, 0.29) is 0 Å². The molecule has 0 saturated carbocycles. The molecule has 5 rings (SSSR count). The largest absolute Gasteiger partial charge is 0.497 e. The molecule has 1 fully saturated rings. The summed E-state index contributed by atoms with van der Waals surface area (Å²) in [6, 6.07) is 8.83. The van der Waals surface area contributed by atoms with E-state index in [2.05, 4.69) is 38.4 Å². The molecule has 0 radical (unpaired) electrons. The third kappa shape index (κ3) is 3.91. The Hall–Kier alpha value is -2.18. The minimum atomic E-state index is 0.310. The monoisotopic (exact) mass is 422 g/mol. The average Bonchev–Trinajstić information content (AvgIpc) is 3.37. The van der Waals surface area contributed by atoms with Crippen LogP contribution in [0.2, 0.25) is 0 Å². The van der Waals surface area contributed by atoms with Crippen molar-refractivity contribution in [3.63, 3.8) is 0 Å². The smallest absolute Gasteiger partial charge is 0.138 e. The van der Waals surface area contributed by atoms with Crippen LogP contribution in [-0.4, -0.2) is 41.6 Å². The van der Waals surface area contributed by atoms with Crippen LogP contribution in [0, 0.1) is 0 Å². The van der Waals surface area contributed by atoms with E-state index in [9.17, 15) is 0 Å². The second kappa shape index (κ2) is 8.90. The van der Waals surface area contributed by atoms with Gasteiger partial charge in [0.25, 0.3) is 0 Å². The Morgan fingerprint density at radius 2 is 1.97 bits per heavy atom. The zero-order valence-corrected chi connectivity index (χ0v) is 18.5. The van der Waals surface area contributed by atoms with Crippen LogP contribution in [0.5, 0.6) is 5.75 Å². The maximum atomic E-state index is 5.49. The highest BCUT2D eigenvalue weighted by atomic mass is 32.1. The quantitative estimate of drug-likeness (QED) is 0.552. The highest BCUT2D eigenvalue weighted by molar-refractivity contribution is 7.18. The Kier molecular flexibility index (Phi) is 5.86. The van der Waals surface area contributed by atoms with Gasteiger partial charge in [-0.25, -0.2) is 9.97 Å². The first-order valence-electron chi connectivity index (χ1n) is 11.2. The molecule has 1 aliphatic carbocycles. The van der Waals surface area contributed by atoms with E-state index in [1.165, 1.54) is 59.9 Å². The molecule has 1 saturated heterocycles. The molecule has 2 aromatic heterocycles. The van der Waals surface area contributed by atoms with Crippen LogP contribution in [0.15, 0.2) is 30.6 Å². The number of benzene rings is 1. The Balaban J connectivity index is 1.45. The number of anilines is 1. The van der Waals surface area contributed by atoms with Gasteiger partial charge in [-0.1, -0.05) is 18.6 Å². The number of likely N-dealkylation sites (tertiary alicyclic amines) is 1. The highest BCUT2D eigenvalue weighted by Crippen LogP contribution is 2.38. The standard InChI is InChI=1S/C24H30N4OS/c1-29-18-9-7-8-17(14-18)20(28-12-5-6-13-28)15-25-23-22-19-10-3-2-4-11-21(19)30-24(22)27-16-26-23/h7-9,14,16,20H,2-6,10-13,15H2,1H3,(H,25,26,27). The minimum absolute atomic E-state index is 0.310. The molecule has 0 amide bonds. The third-order valence-corrected chi connectivity index (χ3v) is 7.72. The first-order chi connectivity index (χ1) is 14.8. The summed E-state index contributed by atoms with van der Waals surface area (Å²) < 4.78 is 5.49. The molecule has 2 aliphatic rings. The Labute approximate surface area is 182 Å². The molecule has 0 spiro atoms. The van der Waals surface area contributed by atoms with E-state index < -0.39 is 0 Å². The van der Waals surface area contributed by atoms with Crippen LogP contribution in [0.1, 0.15) is 54.1 Å². The van der Waals surface area contributed by atoms with Gasteiger partial charge in [-0.3, -0.25) is 4.90 Å². The van der Waals surface area contributed by atoms with Crippen LogP contribution >= 0.6 is 11.3 Å². The summed E-state index contributed by atoms with van der Waals surface area (Å²) >= 11 is 1.87. The molecule has 6 heteroatoms. The van der Waals surface area contributed by atoms with Crippen molar-refractivity contribution in [1.29, 1.82) is 0 Å². The van der Waals surface area contributed by atoms with Crippen molar-refractivity contribution in [3.8, 4) is 5.75 Å². The van der Waals surface area contributed by atoms with Crippen molar-refractivity contribution in [3.05, 3.63) is 46.6 Å². The number of rotatable bonds is 6. The molecule has 1 unspecified atom stereocenters. The molecule has 0 bridgehead atoms. The fourth-order valence-electron chi connectivity index (χ4n) is 4.95. The van der Waals surface area contributed by atoms with Gasteiger partial charge in [0.2, 0.25) is 0 Å². The lowest BCUT2D eigenvalue weighted by Crippen LogP contribution is -2.31. The van der Waals surface area contributed by atoms with E-state index in [1.54, 1.807) is 13.4 Å². The van der Waals surface area contributed by atoms with Crippen molar-refractivity contribution in [2.75, 3.05) is 32.1 Å². The summed E-state index contributed by atoms with van der Waals surface area (Å²) in [6.45, 7) is 3.14. The summed E-state index contributed by atoms with van der Waals surface area (Å²) in [5, 5.41) is 5.00. The Morgan fingerprint density at radius 1 is 1.10 bits per heavy atom. The van der Waals surface area contributed by atoms with E-state index in [0.29, 0.717) is 6.04 Å². The van der Waals surface area contributed by atoms with Crippen LogP contribution in [-0.2, 0) is 12.8 Å². The second-order valence-electron chi connectivity index (χ2n) is 8.38. The van der Waals surface area contributed by atoms with Crippen LogP contribution in [0.4, 0.5) is 5.82 Å². The number of nitrogens with one attached hydrogen (secondary N) is 1. The van der Waals surface area contributed by atoms with Gasteiger partial charge in [0.05, 0.1) is 18.5 Å². The van der Waals surface area contributed by atoms with Gasteiger partial charge in [0.1, 0.15) is 22.7 Å². The normalized spacial score (nSPS) is 18.2. The van der Waals surface area contributed by atoms with E-state index in [1.807, 2.05) is 17.4 Å². The Bertz CT molecular complexity index is 1010. The molecule has 30 heavy (non-hydrogen) atoms. The number of ether oxygens (including phenoxy) is 1. The van der Waals surface area contributed by atoms with Crippen molar-refractivity contribution in [2.45, 2.75) is 51.0 Å². The van der Waals surface area contributed by atoms with Gasteiger partial charge in [-0.05, 0) is 74.9 Å². The maximum absolute atomic E-state index is 5.49. The van der Waals surface area contributed by atoms with E-state index in [4.69, 9.17) is 4.74 Å². The van der Waals surface area contributed by atoms with Crippen molar-refractivity contribution in [1.82, 2.24) is 14.9 Å². The number of aromatic nitrogens is 2. The summed E-state index contributed by atoms with van der Waals surface area (Å²) in [5.41, 5.74) is 2.80. The summed E-state index contributed by atoms with van der Waals surface area (Å²) in [5.74, 6) is 1.93. The summed E-state index contributed by atoms with van der Waals surface area (Å²) in [7, 11) is 1.74. The number of nitrogens with zero attached hydrogens (tertiary/aromatic N) is 3. The lowest BCUT2D eigenvalue weighted by molar-refractivity contribution is 0.255. The first-order valence-corrected chi connectivity index (χ1v) is 12.0. The van der Waals surface area contributed by atoms with Crippen LogP contribution in [0.3, 0.4) is 0 Å². The number of hydrogen-bond donors (Lipinski definition) is 1. The van der Waals surface area contributed by atoms with Gasteiger partial charge < -0.3 is 10.1 Å². The molecule has 3 aromatic rings. The predicted octanol–water partition coefficient (Wildman–Crippen LogP) is 5.22. The fourth-order valence-corrected chi connectivity index (χ4v) is 6.18. The summed E-state index contributed by atoms with van der Waals surface area (Å²) in [6.07, 6.45) is 10.5. The van der Waals surface area contributed by atoms with Gasteiger partial charge in [0.15, 0.2) is 0 Å². The third-order valence-electron chi connectivity index (χ3n) is 6.52. The van der Waals surface area contributed by atoms with Crippen molar-refractivity contribution in [2.24, 2.45) is 0 Å². The number of thiophene rings is 1. The molecule has 1 atom stereocenters. The molecule has 3 heterocycles. The Morgan fingerprint density at radius 3 is 2.83 bits per heavy atom. The highest BCUT2D eigenvalue weighted by Gasteiger charge is 2.25. The first kappa shape index (κ1) is 19.8. The zero-order valence-electron chi connectivity index (χ0n) is 17.7. The van der Waals surface area contributed by atoms with Crippen molar-refractivity contribution >= 4 is 27.4 Å². The number of methoxy groups -OCH3 is 1. The van der Waals surface area contributed by atoms with Crippen LogP contribution < -0.4 is 10.1 Å². The summed E-state index contributed by atoms with van der Waals surface area (Å²) in [4.78, 5) is 14.5. The average molecular weight is 423 g/mol. The van der Waals surface area contributed by atoms with E-state index in [0.717, 1.165) is 42.5 Å². The molecule has 5 nitrogen and oxygen atoms in total. The maximum Gasteiger partial charge on any atom is 0.138 e. The molecular weight excluding hydrogens is 392 g/mol. The fraction of sp³-hybridized carbons (Fsp3) is 0.500. The molecule has 158 valence electrons. The zero-order chi connectivity index (χ0) is 20.3. The lowest BCUT2D eigenvalue weighted by Gasteiger charge is -2.28. The van der Waals surface area contributed by atoms with E-state index >= 15 is 0 Å². The second-order valence-corrected chi connectivity index (χ2v) is 9.47. The molecule has 1 aromatic carbocycles. The van der Waals surface area contributed by atoms with Crippen molar-refractivity contribution < 1.29 is 4.74 Å². The number of fused-ring (bicyclic) bond motifs is 3. The van der Waals surface area contributed by atoms with Gasteiger partial charge >= 0.3 is 0 Å². The number of aryl methyl sites for hydroxylation is 2. The number of hydrogen-bond acceptors (Lipinski definition) is 6. The van der Waals surface area contributed by atoms with Gasteiger partial charge in [-0.2, -0.15) is 0 Å². The molecule has 1 aliphatic heterocycles.